The predicted molar refractivity (Wildman–Crippen MR) is 144 cm³/mol. The highest BCUT2D eigenvalue weighted by Gasteiger charge is 2.47. The van der Waals surface area contributed by atoms with Gasteiger partial charge in [0, 0.05) is 43.2 Å². The molecule has 8 heteroatoms. The first-order chi connectivity index (χ1) is 17.4. The molecule has 190 valence electrons. The first-order valence-electron chi connectivity index (χ1n) is 11.8. The summed E-state index contributed by atoms with van der Waals surface area (Å²) < 4.78 is 0. The Bertz CT molecular complexity index is 1400. The van der Waals surface area contributed by atoms with Crippen LogP contribution in [0, 0.1) is 10.1 Å². The number of hydrogen-bond donors (Lipinski definition) is 1. The van der Waals surface area contributed by atoms with Gasteiger partial charge in [0.05, 0.1) is 16.5 Å². The number of hydrogen-bond acceptors (Lipinski definition) is 6. The molecule has 1 N–H and O–H groups in total. The Morgan fingerprint density at radius 3 is 2.14 bits per heavy atom. The van der Waals surface area contributed by atoms with E-state index in [4.69, 9.17) is 0 Å². The number of nitro benzene ring substituents is 1. The number of aliphatic hydroxyl groups excluding tert-OH is 1. The molecule has 3 aromatic carbocycles. The second kappa shape index (κ2) is 9.54. The van der Waals surface area contributed by atoms with Crippen LogP contribution in [0.3, 0.4) is 0 Å². The van der Waals surface area contributed by atoms with E-state index in [1.54, 1.807) is 12.1 Å². The number of non-ortho nitro benzene ring substituents is 1. The SMILES string of the molecule is CN(C)c1ccc(N2C(=O)C(=O)/C(=C(\O)c3cccc([N+](=O)[O-])c3)C2c2ccc(C(C)(C)C)cc2)cc1. The summed E-state index contributed by atoms with van der Waals surface area (Å²) >= 11 is 0. The Hall–Kier alpha value is -4.46. The fraction of sp³-hybridized carbons (Fsp3) is 0.241. The van der Waals surface area contributed by atoms with E-state index >= 15 is 0 Å². The Labute approximate surface area is 215 Å². The van der Waals surface area contributed by atoms with E-state index in [-0.39, 0.29) is 22.2 Å². The van der Waals surface area contributed by atoms with Gasteiger partial charge in [-0.05, 0) is 40.8 Å². The van der Waals surface area contributed by atoms with Crippen LogP contribution in [0.5, 0.6) is 0 Å². The highest BCUT2D eigenvalue weighted by molar-refractivity contribution is 6.51. The molecule has 4 rings (SSSR count). The van der Waals surface area contributed by atoms with Crippen LogP contribution in [0.2, 0.25) is 0 Å². The quantitative estimate of drug-likeness (QED) is 0.161. The summed E-state index contributed by atoms with van der Waals surface area (Å²) in [5.41, 5.74) is 2.75. The van der Waals surface area contributed by atoms with E-state index in [1.807, 2.05) is 55.4 Å². The van der Waals surface area contributed by atoms with Crippen molar-refractivity contribution >= 4 is 34.5 Å². The summed E-state index contributed by atoms with van der Waals surface area (Å²) in [6, 6.07) is 19.2. The lowest BCUT2D eigenvalue weighted by Crippen LogP contribution is -2.29. The summed E-state index contributed by atoms with van der Waals surface area (Å²) in [4.78, 5) is 40.7. The van der Waals surface area contributed by atoms with Crippen molar-refractivity contribution in [2.24, 2.45) is 0 Å². The minimum absolute atomic E-state index is 0.0893. The van der Waals surface area contributed by atoms with Crippen molar-refractivity contribution < 1.29 is 19.6 Å². The van der Waals surface area contributed by atoms with Crippen LogP contribution in [0.25, 0.3) is 5.76 Å². The first kappa shape index (κ1) is 25.6. The van der Waals surface area contributed by atoms with Crippen LogP contribution in [-0.2, 0) is 15.0 Å². The summed E-state index contributed by atoms with van der Waals surface area (Å²) in [5.74, 6) is -2.10. The van der Waals surface area contributed by atoms with Gasteiger partial charge in [-0.2, -0.15) is 0 Å². The van der Waals surface area contributed by atoms with Crippen molar-refractivity contribution in [2.75, 3.05) is 23.9 Å². The molecule has 3 aromatic rings. The van der Waals surface area contributed by atoms with Gasteiger partial charge < -0.3 is 10.0 Å². The molecule has 1 aliphatic heterocycles. The van der Waals surface area contributed by atoms with Crippen molar-refractivity contribution in [1.82, 2.24) is 0 Å². The normalized spacial score (nSPS) is 17.2. The number of amides is 1. The third-order valence-corrected chi connectivity index (χ3v) is 6.51. The van der Waals surface area contributed by atoms with E-state index in [2.05, 4.69) is 20.8 Å². The lowest BCUT2D eigenvalue weighted by atomic mass is 9.85. The van der Waals surface area contributed by atoms with Gasteiger partial charge in [0.25, 0.3) is 17.4 Å². The Balaban J connectivity index is 1.92. The van der Waals surface area contributed by atoms with Gasteiger partial charge in [0.15, 0.2) is 0 Å². The van der Waals surface area contributed by atoms with Gasteiger partial charge in [-0.3, -0.25) is 24.6 Å². The summed E-state index contributed by atoms with van der Waals surface area (Å²) in [5, 5.41) is 22.6. The molecule has 0 saturated carbocycles. The van der Waals surface area contributed by atoms with E-state index in [9.17, 15) is 24.8 Å². The molecule has 0 bridgehead atoms. The standard InChI is InChI=1S/C29H29N3O5/c1-29(2,3)20-11-9-18(10-12-20)25-24(26(33)19-7-6-8-23(17-19)32(36)37)27(34)28(35)31(25)22-15-13-21(14-16-22)30(4)5/h6-17,25,33H,1-5H3/b26-24-. The number of rotatable bonds is 5. The number of carbonyl (C=O) groups excluding carboxylic acids is 2. The highest BCUT2D eigenvalue weighted by atomic mass is 16.6. The van der Waals surface area contributed by atoms with Gasteiger partial charge in [0.1, 0.15) is 5.76 Å². The second-order valence-electron chi connectivity index (χ2n) is 10.3. The molecular weight excluding hydrogens is 470 g/mol. The maximum Gasteiger partial charge on any atom is 0.300 e. The molecule has 1 fully saturated rings. The van der Waals surface area contributed by atoms with Crippen LogP contribution >= 0.6 is 0 Å². The van der Waals surface area contributed by atoms with E-state index < -0.39 is 28.4 Å². The van der Waals surface area contributed by atoms with Gasteiger partial charge in [-0.25, -0.2) is 0 Å². The maximum absolute atomic E-state index is 13.4. The van der Waals surface area contributed by atoms with E-state index in [0.29, 0.717) is 11.3 Å². The second-order valence-corrected chi connectivity index (χ2v) is 10.3. The number of Topliss-reactive ketones (excluding diaryl/α,β-unsaturated/α-hetero) is 1. The number of ketones is 1. The third kappa shape index (κ3) is 4.82. The van der Waals surface area contributed by atoms with Crippen LogP contribution < -0.4 is 9.80 Å². The molecule has 0 aromatic heterocycles. The topological polar surface area (TPSA) is 104 Å². The van der Waals surface area contributed by atoms with Gasteiger partial charge in [0.2, 0.25) is 0 Å². The van der Waals surface area contributed by atoms with Crippen molar-refractivity contribution in [3.8, 4) is 0 Å². The fourth-order valence-electron chi connectivity index (χ4n) is 4.41. The lowest BCUT2D eigenvalue weighted by molar-refractivity contribution is -0.384. The molecule has 0 spiro atoms. The Kier molecular flexibility index (Phi) is 6.61. The average molecular weight is 500 g/mol. The van der Waals surface area contributed by atoms with Crippen molar-refractivity contribution in [3.63, 3.8) is 0 Å². The fourth-order valence-corrected chi connectivity index (χ4v) is 4.41. The highest BCUT2D eigenvalue weighted by Crippen LogP contribution is 2.43. The molecule has 1 aliphatic rings. The zero-order chi connectivity index (χ0) is 27.1. The zero-order valence-corrected chi connectivity index (χ0v) is 21.4. The lowest BCUT2D eigenvalue weighted by Gasteiger charge is -2.27. The predicted octanol–water partition coefficient (Wildman–Crippen LogP) is 5.58. The molecule has 1 heterocycles. The largest absolute Gasteiger partial charge is 0.507 e. The van der Waals surface area contributed by atoms with Crippen LogP contribution in [0.1, 0.15) is 43.5 Å². The number of carbonyl (C=O) groups is 2. The van der Waals surface area contributed by atoms with Gasteiger partial charge >= 0.3 is 0 Å². The van der Waals surface area contributed by atoms with Crippen LogP contribution in [0.15, 0.2) is 78.4 Å². The molecule has 0 aliphatic carbocycles. The molecule has 1 amide bonds. The minimum atomic E-state index is -0.918. The molecule has 8 nitrogen and oxygen atoms in total. The van der Waals surface area contributed by atoms with E-state index in [0.717, 1.165) is 11.3 Å². The van der Waals surface area contributed by atoms with Crippen molar-refractivity contribution in [3.05, 3.63) is 105 Å². The first-order valence-corrected chi connectivity index (χ1v) is 11.8. The Morgan fingerprint density at radius 1 is 0.973 bits per heavy atom. The molecule has 1 unspecified atom stereocenters. The van der Waals surface area contributed by atoms with E-state index in [1.165, 1.54) is 29.2 Å². The summed E-state index contributed by atoms with van der Waals surface area (Å²) in [6.07, 6.45) is 0. The summed E-state index contributed by atoms with van der Waals surface area (Å²) in [6.45, 7) is 6.26. The van der Waals surface area contributed by atoms with Gasteiger partial charge in [-0.15, -0.1) is 0 Å². The minimum Gasteiger partial charge on any atom is -0.507 e. The smallest absolute Gasteiger partial charge is 0.300 e. The third-order valence-electron chi connectivity index (χ3n) is 6.51. The molecular formula is C29H29N3O5. The van der Waals surface area contributed by atoms with Crippen molar-refractivity contribution in [1.29, 1.82) is 0 Å². The molecule has 1 atom stereocenters. The monoisotopic (exact) mass is 499 g/mol. The molecule has 1 saturated heterocycles. The number of benzene rings is 3. The molecule has 37 heavy (non-hydrogen) atoms. The van der Waals surface area contributed by atoms with Crippen LogP contribution in [0.4, 0.5) is 17.1 Å². The zero-order valence-electron chi connectivity index (χ0n) is 21.4. The number of nitrogens with zero attached hydrogens (tertiary/aromatic N) is 3. The average Bonchev–Trinajstić information content (AvgIpc) is 3.13. The summed E-state index contributed by atoms with van der Waals surface area (Å²) in [7, 11) is 3.80. The molecule has 0 radical (unpaired) electrons. The van der Waals surface area contributed by atoms with Crippen LogP contribution in [-0.4, -0.2) is 35.8 Å². The maximum atomic E-state index is 13.4. The Morgan fingerprint density at radius 2 is 1.59 bits per heavy atom. The number of aliphatic hydroxyl groups is 1. The number of nitro groups is 1. The van der Waals surface area contributed by atoms with Crippen molar-refractivity contribution in [2.45, 2.75) is 32.2 Å². The van der Waals surface area contributed by atoms with Gasteiger partial charge in [-0.1, -0.05) is 57.2 Å². The number of anilines is 2.